The van der Waals surface area contributed by atoms with Crippen molar-refractivity contribution in [2.45, 2.75) is 101 Å². The molecule has 0 aromatic heterocycles. The monoisotopic (exact) mass is 700 g/mol. The molecule has 3 aliphatic rings. The number of carbonyl (C=O) groups excluding carboxylic acids is 2. The molecule has 276 valence electrons. The van der Waals surface area contributed by atoms with E-state index in [0.717, 1.165) is 0 Å². The fourth-order valence-corrected chi connectivity index (χ4v) is 6.36. The predicted octanol–water partition coefficient (Wildman–Crippen LogP) is -0.444. The van der Waals surface area contributed by atoms with E-state index in [0.29, 0.717) is 0 Å². The molecule has 1 aliphatic carbocycles. The summed E-state index contributed by atoms with van der Waals surface area (Å²) in [5, 5.41) is 74.9. The van der Waals surface area contributed by atoms with Gasteiger partial charge in [0.05, 0.1) is 44.7 Å². The Morgan fingerprint density at radius 1 is 1.04 bits per heavy atom. The second-order valence-electron chi connectivity index (χ2n) is 13.6. The molecule has 16 heteroatoms. The summed E-state index contributed by atoms with van der Waals surface area (Å²) in [7, 11) is 2.56. The van der Waals surface area contributed by atoms with E-state index in [1.54, 1.807) is 39.8 Å². The summed E-state index contributed by atoms with van der Waals surface area (Å²) in [6, 6.07) is 2.41. The van der Waals surface area contributed by atoms with Gasteiger partial charge in [0.2, 0.25) is 5.75 Å². The van der Waals surface area contributed by atoms with Gasteiger partial charge in [-0.3, -0.25) is 4.79 Å². The van der Waals surface area contributed by atoms with Gasteiger partial charge in [0.25, 0.3) is 0 Å². The molecule has 0 bridgehead atoms. The maximum absolute atomic E-state index is 12.7. The smallest absolute Gasteiger partial charge is 0.338 e. The summed E-state index contributed by atoms with van der Waals surface area (Å²) in [5.41, 5.74) is -4.22. The van der Waals surface area contributed by atoms with Crippen LogP contribution in [-0.4, -0.2) is 142 Å². The van der Waals surface area contributed by atoms with Gasteiger partial charge in [-0.15, -0.1) is 0 Å². The van der Waals surface area contributed by atoms with Gasteiger partial charge in [-0.2, -0.15) is 0 Å². The zero-order chi connectivity index (χ0) is 36.5. The largest absolute Gasteiger partial charge is 0.502 e. The second-order valence-corrected chi connectivity index (χ2v) is 13.6. The number of ether oxygens (including phenoxy) is 7. The quantitative estimate of drug-likeness (QED) is 0.108. The lowest BCUT2D eigenvalue weighted by Crippen LogP contribution is -2.60. The van der Waals surface area contributed by atoms with E-state index >= 15 is 0 Å². The van der Waals surface area contributed by atoms with Crippen LogP contribution in [0.4, 0.5) is 0 Å². The number of ketones is 1. The van der Waals surface area contributed by atoms with Gasteiger partial charge < -0.3 is 68.9 Å². The van der Waals surface area contributed by atoms with E-state index in [1.165, 1.54) is 26.4 Å². The van der Waals surface area contributed by atoms with Gasteiger partial charge in [0.1, 0.15) is 42.9 Å². The first-order valence-electron chi connectivity index (χ1n) is 15.9. The normalized spacial score (nSPS) is 36.9. The van der Waals surface area contributed by atoms with Gasteiger partial charge in [-0.25, -0.2) is 4.79 Å². The van der Waals surface area contributed by atoms with Crippen molar-refractivity contribution < 1.29 is 78.5 Å². The number of Topliss-reactive ketones (excluding diaryl/α,β-unsaturated/α-hetero) is 1. The molecule has 4 rings (SSSR count). The highest BCUT2D eigenvalue weighted by atomic mass is 16.7. The van der Waals surface area contributed by atoms with Crippen molar-refractivity contribution in [2.24, 2.45) is 11.3 Å². The van der Waals surface area contributed by atoms with Crippen molar-refractivity contribution in [1.82, 2.24) is 0 Å². The number of methoxy groups -OCH3 is 2. The number of aliphatic hydroxyl groups is 6. The number of carbonyl (C=O) groups is 2. The van der Waals surface area contributed by atoms with Crippen molar-refractivity contribution in [2.75, 3.05) is 34.0 Å². The minimum Gasteiger partial charge on any atom is -0.502 e. The number of hydrogen-bond acceptors (Lipinski definition) is 16. The average molecular weight is 701 g/mol. The van der Waals surface area contributed by atoms with Gasteiger partial charge >= 0.3 is 5.97 Å². The van der Waals surface area contributed by atoms with Crippen LogP contribution in [-0.2, 0) is 28.5 Å². The van der Waals surface area contributed by atoms with Crippen molar-refractivity contribution in [3.63, 3.8) is 0 Å². The SMILES string of the molecule is COc1cc(C(=O)OC[C@@]2(O)CO[C@@H](OC[C@H]3O[C@@H](O[C@H](C)C=C[C@@]4(O)[C@H](C)CC(=O)CC4(C)C)[C@H](O)[C@@H](O)[C@@H]3O)[C@@H]2O)cc(OC)c1O. The van der Waals surface area contributed by atoms with Crippen LogP contribution >= 0.6 is 0 Å². The first-order chi connectivity index (χ1) is 22.9. The third-order valence-electron chi connectivity index (χ3n) is 9.55. The fraction of sp³-hybridized carbons (Fsp3) is 0.697. The van der Waals surface area contributed by atoms with Gasteiger partial charge in [-0.1, -0.05) is 32.9 Å². The molecular formula is C33H48O16. The second kappa shape index (κ2) is 15.1. The highest BCUT2D eigenvalue weighted by molar-refractivity contribution is 5.91. The van der Waals surface area contributed by atoms with Crippen LogP contribution in [0.1, 0.15) is 50.9 Å². The fourth-order valence-electron chi connectivity index (χ4n) is 6.36. The first-order valence-corrected chi connectivity index (χ1v) is 15.9. The first kappa shape index (κ1) is 38.9. The Balaban J connectivity index is 1.33. The van der Waals surface area contributed by atoms with Crippen LogP contribution in [0.5, 0.6) is 17.2 Å². The Hall–Kier alpha value is -2.90. The molecule has 2 aliphatic heterocycles. The van der Waals surface area contributed by atoms with Gasteiger partial charge in [0.15, 0.2) is 29.7 Å². The molecule has 7 N–H and O–H groups in total. The molecular weight excluding hydrogens is 652 g/mol. The van der Waals surface area contributed by atoms with E-state index in [-0.39, 0.29) is 47.4 Å². The Kier molecular flexibility index (Phi) is 12.0. The lowest BCUT2D eigenvalue weighted by molar-refractivity contribution is -0.314. The molecule has 11 atom stereocenters. The van der Waals surface area contributed by atoms with E-state index in [2.05, 4.69) is 0 Å². The summed E-state index contributed by atoms with van der Waals surface area (Å²) in [6.07, 6.45) is -8.11. The number of aromatic hydroxyl groups is 1. The summed E-state index contributed by atoms with van der Waals surface area (Å²) in [4.78, 5) is 24.8. The van der Waals surface area contributed by atoms with E-state index in [1.807, 2.05) is 0 Å². The van der Waals surface area contributed by atoms with Gasteiger partial charge in [0, 0.05) is 18.3 Å². The van der Waals surface area contributed by atoms with Gasteiger partial charge in [-0.05, 0) is 25.0 Å². The van der Waals surface area contributed by atoms with E-state index < -0.39 is 91.6 Å². The van der Waals surface area contributed by atoms with Crippen molar-refractivity contribution in [3.8, 4) is 17.2 Å². The third-order valence-corrected chi connectivity index (χ3v) is 9.55. The minimum absolute atomic E-state index is 0.0542. The number of benzene rings is 1. The van der Waals surface area contributed by atoms with Crippen molar-refractivity contribution in [1.29, 1.82) is 0 Å². The van der Waals surface area contributed by atoms with Crippen LogP contribution in [0.3, 0.4) is 0 Å². The summed E-state index contributed by atoms with van der Waals surface area (Å²) in [6.45, 7) is 5.31. The number of esters is 1. The van der Waals surface area contributed by atoms with E-state index in [4.69, 9.17) is 33.2 Å². The minimum atomic E-state index is -2.09. The Morgan fingerprint density at radius 2 is 1.67 bits per heavy atom. The average Bonchev–Trinajstić information content (AvgIpc) is 3.33. The Morgan fingerprint density at radius 3 is 2.27 bits per heavy atom. The number of phenolic OH excluding ortho intramolecular Hbond substituents is 1. The predicted molar refractivity (Wildman–Crippen MR) is 167 cm³/mol. The molecule has 0 spiro atoms. The molecule has 1 aromatic carbocycles. The number of hydrogen-bond donors (Lipinski definition) is 7. The van der Waals surface area contributed by atoms with Crippen molar-refractivity contribution >= 4 is 11.8 Å². The van der Waals surface area contributed by atoms with Crippen LogP contribution in [0.15, 0.2) is 24.3 Å². The van der Waals surface area contributed by atoms with Crippen molar-refractivity contribution in [3.05, 3.63) is 29.8 Å². The van der Waals surface area contributed by atoms with E-state index in [9.17, 15) is 45.3 Å². The zero-order valence-corrected chi connectivity index (χ0v) is 28.3. The standard InChI is InChI=1S/C33H48O16/c1-16-9-19(34)12-31(3,4)33(16,42)8-7-17(2)48-29-26(38)25(37)24(36)22(49-29)13-45-30-27(39)32(41,15-47-30)14-46-28(40)18-10-20(43-5)23(35)21(11-18)44-6/h7-8,10-11,16-17,22,24-27,29-30,35-39,41-42H,9,12-15H2,1-6H3/t16-,17-,22-,24-,25+,26-,27+,29-,30-,32-,33-/m1/s1. The molecule has 49 heavy (non-hydrogen) atoms. The lowest BCUT2D eigenvalue weighted by atomic mass is 9.60. The Labute approximate surface area is 283 Å². The molecule has 16 nitrogen and oxygen atoms in total. The summed E-state index contributed by atoms with van der Waals surface area (Å²) >= 11 is 0. The molecule has 2 saturated heterocycles. The number of phenols is 1. The Bertz CT molecular complexity index is 1340. The maximum Gasteiger partial charge on any atom is 0.338 e. The molecule has 3 fully saturated rings. The number of aliphatic hydroxyl groups excluding tert-OH is 4. The van der Waals surface area contributed by atoms with Crippen LogP contribution in [0.25, 0.3) is 0 Å². The summed E-state index contributed by atoms with van der Waals surface area (Å²) in [5.74, 6) is -1.65. The molecule has 2 heterocycles. The van der Waals surface area contributed by atoms with Crippen LogP contribution < -0.4 is 9.47 Å². The molecule has 0 radical (unpaired) electrons. The lowest BCUT2D eigenvalue weighted by Gasteiger charge is -2.48. The molecule has 0 amide bonds. The molecule has 1 aromatic rings. The highest BCUT2D eigenvalue weighted by Crippen LogP contribution is 2.47. The third kappa shape index (κ3) is 8.04. The molecule has 1 saturated carbocycles. The zero-order valence-electron chi connectivity index (χ0n) is 28.3. The summed E-state index contributed by atoms with van der Waals surface area (Å²) < 4.78 is 37.7. The highest BCUT2D eigenvalue weighted by Gasteiger charge is 2.52. The van der Waals surface area contributed by atoms with Crippen LogP contribution in [0.2, 0.25) is 0 Å². The number of rotatable bonds is 12. The maximum atomic E-state index is 12.7. The topological polar surface area (TPSA) is 240 Å². The van der Waals surface area contributed by atoms with Crippen LogP contribution in [0, 0.1) is 11.3 Å². The molecule has 0 unspecified atom stereocenters.